The van der Waals surface area contributed by atoms with Gasteiger partial charge in [-0.25, -0.2) is 8.42 Å². The number of aryl methyl sites for hydroxylation is 3. The molecule has 0 aliphatic rings. The van der Waals surface area contributed by atoms with Gasteiger partial charge in [-0.1, -0.05) is 25.1 Å². The second kappa shape index (κ2) is 9.67. The van der Waals surface area contributed by atoms with E-state index >= 15 is 0 Å². The van der Waals surface area contributed by atoms with Crippen molar-refractivity contribution >= 4 is 27.6 Å². The minimum atomic E-state index is -3.86. The molecule has 7 nitrogen and oxygen atoms in total. The van der Waals surface area contributed by atoms with Gasteiger partial charge in [0.15, 0.2) is 6.10 Å². The molecule has 0 saturated carbocycles. The number of hydrogen-bond donors (Lipinski definition) is 2. The molecule has 0 saturated heterocycles. The molecule has 2 aromatic carbocycles. The summed E-state index contributed by atoms with van der Waals surface area (Å²) in [4.78, 5) is 24.2. The number of nitrogens with one attached hydrogen (secondary N) is 2. The van der Waals surface area contributed by atoms with Gasteiger partial charge in [-0.15, -0.1) is 0 Å². The third kappa shape index (κ3) is 6.40. The Balaban J connectivity index is 1.88. The van der Waals surface area contributed by atoms with Crippen LogP contribution >= 0.6 is 0 Å². The van der Waals surface area contributed by atoms with Gasteiger partial charge >= 0.3 is 5.97 Å². The van der Waals surface area contributed by atoms with Crippen LogP contribution in [0.25, 0.3) is 0 Å². The van der Waals surface area contributed by atoms with E-state index < -0.39 is 34.5 Å². The minimum Gasteiger partial charge on any atom is -0.452 e. The third-order valence-corrected chi connectivity index (χ3v) is 5.90. The standard InChI is InChI=1S/C21H26N2O5S/c1-5-17-7-9-18(10-8-17)23-21(25)16(4)28-20(24)13-22-29(26,27)19-11-6-14(2)15(3)12-19/h6-12,16,22H,5,13H2,1-4H3,(H,23,25)/t16-/m1/s1. The monoisotopic (exact) mass is 418 g/mol. The zero-order valence-electron chi connectivity index (χ0n) is 17.0. The number of anilines is 1. The largest absolute Gasteiger partial charge is 0.452 e. The Kier molecular flexibility index (Phi) is 7.53. The lowest BCUT2D eigenvalue weighted by Gasteiger charge is -2.14. The lowest BCUT2D eigenvalue weighted by Crippen LogP contribution is -2.35. The van der Waals surface area contributed by atoms with Crippen molar-refractivity contribution in [2.45, 2.75) is 45.1 Å². The highest BCUT2D eigenvalue weighted by Gasteiger charge is 2.21. The van der Waals surface area contributed by atoms with Crippen LogP contribution in [0.15, 0.2) is 47.4 Å². The lowest BCUT2D eigenvalue weighted by molar-refractivity contribution is -0.151. The van der Waals surface area contributed by atoms with Crippen molar-refractivity contribution < 1.29 is 22.7 Å². The zero-order chi connectivity index (χ0) is 21.6. The van der Waals surface area contributed by atoms with Crippen molar-refractivity contribution in [2.24, 2.45) is 0 Å². The number of rotatable bonds is 8. The predicted molar refractivity (Wildman–Crippen MR) is 111 cm³/mol. The molecule has 2 aromatic rings. The Morgan fingerprint density at radius 2 is 1.69 bits per heavy atom. The molecular weight excluding hydrogens is 392 g/mol. The van der Waals surface area contributed by atoms with Gasteiger partial charge in [-0.3, -0.25) is 9.59 Å². The number of sulfonamides is 1. The molecule has 0 radical (unpaired) electrons. The molecule has 2 N–H and O–H groups in total. The summed E-state index contributed by atoms with van der Waals surface area (Å²) in [6, 6.07) is 12.0. The van der Waals surface area contributed by atoms with E-state index in [4.69, 9.17) is 4.74 Å². The van der Waals surface area contributed by atoms with E-state index in [1.165, 1.54) is 19.1 Å². The zero-order valence-corrected chi connectivity index (χ0v) is 17.8. The lowest BCUT2D eigenvalue weighted by atomic mass is 10.1. The van der Waals surface area contributed by atoms with Crippen LogP contribution in [0.3, 0.4) is 0 Å². The summed E-state index contributed by atoms with van der Waals surface area (Å²) >= 11 is 0. The maximum Gasteiger partial charge on any atom is 0.321 e. The van der Waals surface area contributed by atoms with Crippen LogP contribution in [-0.4, -0.2) is 32.9 Å². The highest BCUT2D eigenvalue weighted by atomic mass is 32.2. The average Bonchev–Trinajstić information content (AvgIpc) is 2.69. The Labute approximate surface area is 171 Å². The van der Waals surface area contributed by atoms with E-state index in [-0.39, 0.29) is 4.90 Å². The van der Waals surface area contributed by atoms with Crippen molar-refractivity contribution in [1.82, 2.24) is 4.72 Å². The van der Waals surface area contributed by atoms with E-state index in [2.05, 4.69) is 10.0 Å². The number of hydrogen-bond acceptors (Lipinski definition) is 5. The molecule has 0 spiro atoms. The first-order valence-electron chi connectivity index (χ1n) is 9.28. The smallest absolute Gasteiger partial charge is 0.321 e. The molecule has 156 valence electrons. The fourth-order valence-electron chi connectivity index (χ4n) is 2.48. The van der Waals surface area contributed by atoms with Gasteiger partial charge < -0.3 is 10.1 Å². The fraction of sp³-hybridized carbons (Fsp3) is 0.333. The molecule has 0 aliphatic heterocycles. The highest BCUT2D eigenvalue weighted by molar-refractivity contribution is 7.89. The Hall–Kier alpha value is -2.71. The minimum absolute atomic E-state index is 0.0646. The molecule has 29 heavy (non-hydrogen) atoms. The summed E-state index contributed by atoms with van der Waals surface area (Å²) < 4.78 is 31.8. The van der Waals surface area contributed by atoms with Gasteiger partial charge in [0.1, 0.15) is 6.54 Å². The van der Waals surface area contributed by atoms with E-state index in [1.54, 1.807) is 25.1 Å². The molecule has 1 atom stereocenters. The van der Waals surface area contributed by atoms with Gasteiger partial charge in [0.05, 0.1) is 4.90 Å². The maximum atomic E-state index is 12.3. The van der Waals surface area contributed by atoms with Gasteiger partial charge in [0, 0.05) is 5.69 Å². The molecule has 2 rings (SSSR count). The van der Waals surface area contributed by atoms with E-state index in [0.717, 1.165) is 23.1 Å². The Morgan fingerprint density at radius 1 is 1.03 bits per heavy atom. The first-order valence-corrected chi connectivity index (χ1v) is 10.8. The van der Waals surface area contributed by atoms with Crippen molar-refractivity contribution in [3.8, 4) is 0 Å². The summed E-state index contributed by atoms with van der Waals surface area (Å²) in [7, 11) is -3.86. The summed E-state index contributed by atoms with van der Waals surface area (Å²) in [5.74, 6) is -1.35. The van der Waals surface area contributed by atoms with Crippen molar-refractivity contribution in [3.63, 3.8) is 0 Å². The molecular formula is C21H26N2O5S. The van der Waals surface area contributed by atoms with Gasteiger partial charge in [-0.05, 0) is 68.1 Å². The SMILES string of the molecule is CCc1ccc(NC(=O)[C@@H](C)OC(=O)CNS(=O)(=O)c2ccc(C)c(C)c2)cc1. The second-order valence-electron chi connectivity index (χ2n) is 6.74. The van der Waals surface area contributed by atoms with E-state index in [0.29, 0.717) is 5.69 Å². The fourth-order valence-corrected chi connectivity index (χ4v) is 3.53. The number of carbonyl (C=O) groups is 2. The molecule has 0 fully saturated rings. The molecule has 1 amide bonds. The molecule has 8 heteroatoms. The molecule has 0 aromatic heterocycles. The van der Waals surface area contributed by atoms with Crippen molar-refractivity contribution in [3.05, 3.63) is 59.2 Å². The van der Waals surface area contributed by atoms with Crippen LogP contribution in [0.1, 0.15) is 30.5 Å². The quantitative estimate of drug-likeness (QED) is 0.642. The van der Waals surface area contributed by atoms with Crippen LogP contribution in [0, 0.1) is 13.8 Å². The number of esters is 1. The van der Waals surface area contributed by atoms with E-state index in [1.807, 2.05) is 26.0 Å². The summed E-state index contributed by atoms with van der Waals surface area (Å²) in [5.41, 5.74) is 3.52. The van der Waals surface area contributed by atoms with Gasteiger partial charge in [-0.2, -0.15) is 4.72 Å². The predicted octanol–water partition coefficient (Wildman–Crippen LogP) is 2.71. The van der Waals surface area contributed by atoms with Crippen LogP contribution in [0.5, 0.6) is 0 Å². The normalized spacial score (nSPS) is 12.3. The second-order valence-corrected chi connectivity index (χ2v) is 8.51. The number of ether oxygens (including phenoxy) is 1. The first-order chi connectivity index (χ1) is 13.6. The van der Waals surface area contributed by atoms with Gasteiger partial charge in [0.2, 0.25) is 10.0 Å². The molecule has 0 heterocycles. The first kappa shape index (κ1) is 22.6. The average molecular weight is 419 g/mol. The molecule has 0 unspecified atom stereocenters. The van der Waals surface area contributed by atoms with Crippen molar-refractivity contribution in [1.29, 1.82) is 0 Å². The van der Waals surface area contributed by atoms with E-state index in [9.17, 15) is 18.0 Å². The summed E-state index contributed by atoms with van der Waals surface area (Å²) in [6.07, 6.45) is -0.181. The third-order valence-electron chi connectivity index (χ3n) is 4.50. The van der Waals surface area contributed by atoms with Crippen LogP contribution in [-0.2, 0) is 30.8 Å². The number of carbonyl (C=O) groups excluding carboxylic acids is 2. The Bertz CT molecular complexity index is 985. The van der Waals surface area contributed by atoms with Crippen LogP contribution in [0.2, 0.25) is 0 Å². The highest BCUT2D eigenvalue weighted by Crippen LogP contribution is 2.14. The molecule has 0 aliphatic carbocycles. The summed E-state index contributed by atoms with van der Waals surface area (Å²) in [5, 5.41) is 2.65. The topological polar surface area (TPSA) is 102 Å². The van der Waals surface area contributed by atoms with Crippen molar-refractivity contribution in [2.75, 3.05) is 11.9 Å². The van der Waals surface area contributed by atoms with Crippen LogP contribution < -0.4 is 10.0 Å². The molecule has 0 bridgehead atoms. The number of amides is 1. The van der Waals surface area contributed by atoms with Crippen LogP contribution in [0.4, 0.5) is 5.69 Å². The Morgan fingerprint density at radius 3 is 2.28 bits per heavy atom. The maximum absolute atomic E-state index is 12.3. The summed E-state index contributed by atoms with van der Waals surface area (Å²) in [6.45, 7) is 6.56. The number of benzene rings is 2. The van der Waals surface area contributed by atoms with Gasteiger partial charge in [0.25, 0.3) is 5.91 Å².